The first-order valence-electron chi connectivity index (χ1n) is 6.39. The second-order valence-corrected chi connectivity index (χ2v) is 4.87. The number of fused-ring (bicyclic) bond motifs is 1. The summed E-state index contributed by atoms with van der Waals surface area (Å²) in [7, 11) is 2.16. The van der Waals surface area contributed by atoms with Gasteiger partial charge in [-0.05, 0) is 32.4 Å². The van der Waals surface area contributed by atoms with Gasteiger partial charge in [0.2, 0.25) is 0 Å². The van der Waals surface area contributed by atoms with Crippen molar-refractivity contribution < 1.29 is 4.74 Å². The van der Waals surface area contributed by atoms with Gasteiger partial charge in [0, 0.05) is 19.6 Å². The minimum atomic E-state index is 0.206. The molecule has 0 bridgehead atoms. The first-order valence-corrected chi connectivity index (χ1v) is 6.39. The third-order valence-electron chi connectivity index (χ3n) is 3.28. The molecule has 94 valence electrons. The van der Waals surface area contributed by atoms with Gasteiger partial charge in [-0.3, -0.25) is 0 Å². The van der Waals surface area contributed by atoms with Gasteiger partial charge in [-0.25, -0.2) is 0 Å². The van der Waals surface area contributed by atoms with Crippen molar-refractivity contribution in [2.24, 2.45) is 0 Å². The molecule has 1 N–H and O–H groups in total. The van der Waals surface area contributed by atoms with Gasteiger partial charge in [0.25, 0.3) is 0 Å². The summed E-state index contributed by atoms with van der Waals surface area (Å²) >= 11 is 0. The predicted octanol–water partition coefficient (Wildman–Crippen LogP) is 3.11. The van der Waals surface area contributed by atoms with Crippen LogP contribution in [0.15, 0.2) is 18.2 Å². The highest BCUT2D eigenvalue weighted by Crippen LogP contribution is 2.38. The molecule has 2 rings (SSSR count). The van der Waals surface area contributed by atoms with Crippen LogP contribution in [-0.4, -0.2) is 25.7 Å². The smallest absolute Gasteiger partial charge is 0.144 e. The van der Waals surface area contributed by atoms with Crippen LogP contribution in [0.5, 0.6) is 5.75 Å². The van der Waals surface area contributed by atoms with Gasteiger partial charge in [-0.1, -0.05) is 13.0 Å². The highest BCUT2D eigenvalue weighted by Gasteiger charge is 2.24. The van der Waals surface area contributed by atoms with Crippen LogP contribution in [0, 0.1) is 0 Å². The van der Waals surface area contributed by atoms with Gasteiger partial charge in [-0.2, -0.15) is 0 Å². The number of likely N-dealkylation sites (N-methyl/N-ethyl adjacent to an activating group) is 1. The van der Waals surface area contributed by atoms with Crippen molar-refractivity contribution in [3.05, 3.63) is 18.2 Å². The van der Waals surface area contributed by atoms with Crippen LogP contribution in [-0.2, 0) is 0 Å². The molecule has 17 heavy (non-hydrogen) atoms. The molecule has 0 spiro atoms. The number of hydrogen-bond donors (Lipinski definition) is 1. The molecule has 3 heteroatoms. The van der Waals surface area contributed by atoms with E-state index in [1.54, 1.807) is 0 Å². The van der Waals surface area contributed by atoms with Gasteiger partial charge >= 0.3 is 0 Å². The summed E-state index contributed by atoms with van der Waals surface area (Å²) in [5, 5.41) is 3.50. The maximum atomic E-state index is 5.84. The second kappa shape index (κ2) is 4.86. The van der Waals surface area contributed by atoms with Crippen molar-refractivity contribution in [3.63, 3.8) is 0 Å². The molecule has 1 aliphatic heterocycles. The van der Waals surface area contributed by atoms with Crippen LogP contribution < -0.4 is 15.0 Å². The standard InChI is InChI=1S/C14H22N2O/c1-5-11-9-15-14-12(16(11)4)7-6-8-13(14)17-10(2)3/h6-8,10-11,15H,5,9H2,1-4H3. The third kappa shape index (κ3) is 2.33. The van der Waals surface area contributed by atoms with E-state index in [4.69, 9.17) is 4.74 Å². The SMILES string of the molecule is CCC1CNc2c(OC(C)C)cccc2N1C. The predicted molar refractivity (Wildman–Crippen MR) is 73.2 cm³/mol. The lowest BCUT2D eigenvalue weighted by Crippen LogP contribution is -2.41. The molecule has 0 saturated heterocycles. The molecule has 0 saturated carbocycles. The van der Waals surface area contributed by atoms with Crippen LogP contribution in [0.2, 0.25) is 0 Å². The van der Waals surface area contributed by atoms with E-state index in [0.29, 0.717) is 6.04 Å². The molecule has 0 fully saturated rings. The quantitative estimate of drug-likeness (QED) is 0.869. The summed E-state index contributed by atoms with van der Waals surface area (Å²) in [6, 6.07) is 6.81. The Hall–Kier alpha value is -1.38. The van der Waals surface area contributed by atoms with E-state index in [1.807, 2.05) is 6.07 Å². The van der Waals surface area contributed by atoms with Crippen molar-refractivity contribution >= 4 is 11.4 Å². The van der Waals surface area contributed by atoms with Crippen LogP contribution in [0.4, 0.5) is 11.4 Å². The monoisotopic (exact) mass is 234 g/mol. The zero-order chi connectivity index (χ0) is 12.4. The lowest BCUT2D eigenvalue weighted by atomic mass is 10.1. The Morgan fingerprint density at radius 1 is 1.47 bits per heavy atom. The number of benzene rings is 1. The highest BCUT2D eigenvalue weighted by atomic mass is 16.5. The van der Waals surface area contributed by atoms with Crippen LogP contribution >= 0.6 is 0 Å². The van der Waals surface area contributed by atoms with Crippen molar-refractivity contribution in [1.29, 1.82) is 0 Å². The number of nitrogens with one attached hydrogen (secondary N) is 1. The average Bonchev–Trinajstić information content (AvgIpc) is 2.30. The molecule has 1 heterocycles. The number of anilines is 2. The average molecular weight is 234 g/mol. The number of hydrogen-bond acceptors (Lipinski definition) is 3. The van der Waals surface area contributed by atoms with Crippen LogP contribution in [0.25, 0.3) is 0 Å². The second-order valence-electron chi connectivity index (χ2n) is 4.87. The van der Waals surface area contributed by atoms with Gasteiger partial charge in [0.1, 0.15) is 11.4 Å². The van der Waals surface area contributed by atoms with Crippen molar-refractivity contribution in [2.45, 2.75) is 39.3 Å². The van der Waals surface area contributed by atoms with Gasteiger partial charge in [0.15, 0.2) is 0 Å². The summed E-state index contributed by atoms with van der Waals surface area (Å²) < 4.78 is 5.84. The lowest BCUT2D eigenvalue weighted by Gasteiger charge is -2.37. The lowest BCUT2D eigenvalue weighted by molar-refractivity contribution is 0.243. The molecule has 3 nitrogen and oxygen atoms in total. The van der Waals surface area contributed by atoms with Crippen LogP contribution in [0.1, 0.15) is 27.2 Å². The van der Waals surface area contributed by atoms with Crippen molar-refractivity contribution in [1.82, 2.24) is 0 Å². The van der Waals surface area contributed by atoms with Crippen molar-refractivity contribution in [3.8, 4) is 5.75 Å². The fourth-order valence-electron chi connectivity index (χ4n) is 2.31. The minimum absolute atomic E-state index is 0.206. The maximum Gasteiger partial charge on any atom is 0.144 e. The Balaban J connectivity index is 2.33. The first-order chi connectivity index (χ1) is 8.13. The molecule has 1 aliphatic rings. The Kier molecular flexibility index (Phi) is 3.46. The van der Waals surface area contributed by atoms with Gasteiger partial charge < -0.3 is 15.0 Å². The topological polar surface area (TPSA) is 24.5 Å². The summed E-state index contributed by atoms with van der Waals surface area (Å²) in [4.78, 5) is 2.35. The Morgan fingerprint density at radius 2 is 2.24 bits per heavy atom. The summed E-state index contributed by atoms with van der Waals surface area (Å²) in [5.74, 6) is 0.957. The van der Waals surface area contributed by atoms with E-state index in [9.17, 15) is 0 Å². The highest BCUT2D eigenvalue weighted by molar-refractivity contribution is 5.78. The van der Waals surface area contributed by atoms with Gasteiger partial charge in [0.05, 0.1) is 11.8 Å². The first kappa shape index (κ1) is 12.1. The Bertz CT molecular complexity index is 390. The maximum absolute atomic E-state index is 5.84. The molecule has 1 unspecified atom stereocenters. The van der Waals surface area contributed by atoms with E-state index in [2.05, 4.69) is 50.2 Å². The zero-order valence-corrected chi connectivity index (χ0v) is 11.2. The third-order valence-corrected chi connectivity index (χ3v) is 3.28. The van der Waals surface area contributed by atoms with Gasteiger partial charge in [-0.15, -0.1) is 0 Å². The molecule has 1 aromatic carbocycles. The Morgan fingerprint density at radius 3 is 2.88 bits per heavy atom. The van der Waals surface area contributed by atoms with E-state index in [1.165, 1.54) is 5.69 Å². The number of para-hydroxylation sites is 1. The molecule has 0 radical (unpaired) electrons. The largest absolute Gasteiger partial charge is 0.489 e. The molecule has 0 aromatic heterocycles. The Labute approximate surface area is 104 Å². The van der Waals surface area contributed by atoms with E-state index >= 15 is 0 Å². The summed E-state index contributed by atoms with van der Waals surface area (Å²) in [6.45, 7) is 7.32. The fraction of sp³-hybridized carbons (Fsp3) is 0.571. The number of nitrogens with zero attached hydrogens (tertiary/aromatic N) is 1. The van der Waals surface area contributed by atoms with Crippen molar-refractivity contribution in [2.75, 3.05) is 23.8 Å². The molecular formula is C14H22N2O. The number of ether oxygens (including phenoxy) is 1. The number of rotatable bonds is 3. The normalized spacial score (nSPS) is 18.9. The van der Waals surface area contributed by atoms with E-state index in [0.717, 1.165) is 24.4 Å². The molecule has 1 atom stereocenters. The van der Waals surface area contributed by atoms with E-state index < -0.39 is 0 Å². The molecule has 0 amide bonds. The molecular weight excluding hydrogens is 212 g/mol. The molecule has 1 aromatic rings. The van der Waals surface area contributed by atoms with Crippen LogP contribution in [0.3, 0.4) is 0 Å². The summed E-state index contributed by atoms with van der Waals surface area (Å²) in [6.07, 6.45) is 1.36. The molecule has 0 aliphatic carbocycles. The van der Waals surface area contributed by atoms with E-state index in [-0.39, 0.29) is 6.10 Å². The zero-order valence-electron chi connectivity index (χ0n) is 11.2. The minimum Gasteiger partial charge on any atom is -0.489 e. The summed E-state index contributed by atoms with van der Waals surface area (Å²) in [5.41, 5.74) is 2.37. The fourth-order valence-corrected chi connectivity index (χ4v) is 2.31.